The fourth-order valence-electron chi connectivity index (χ4n) is 3.12. The van der Waals surface area contributed by atoms with Crippen LogP contribution in [-0.2, 0) is 32.0 Å². The molecule has 0 fully saturated rings. The fraction of sp³-hybridized carbons (Fsp3) is 0.304. The van der Waals surface area contributed by atoms with Gasteiger partial charge in [-0.1, -0.05) is 42.5 Å². The Morgan fingerprint density at radius 3 is 1.94 bits per heavy atom. The Labute approximate surface area is 190 Å². The van der Waals surface area contributed by atoms with Crippen LogP contribution in [0.3, 0.4) is 0 Å². The van der Waals surface area contributed by atoms with Crippen molar-refractivity contribution in [3.8, 4) is 5.75 Å². The molecular formula is C23H27N3O7. The van der Waals surface area contributed by atoms with Crippen LogP contribution in [0.2, 0.25) is 0 Å². The molecule has 7 N–H and O–H groups in total. The third kappa shape index (κ3) is 8.62. The fourth-order valence-corrected chi connectivity index (χ4v) is 3.12. The van der Waals surface area contributed by atoms with Crippen LogP contribution in [0.4, 0.5) is 0 Å². The maximum absolute atomic E-state index is 12.8. The van der Waals surface area contributed by atoms with Gasteiger partial charge in [0.15, 0.2) is 0 Å². The van der Waals surface area contributed by atoms with E-state index in [-0.39, 0.29) is 25.0 Å². The van der Waals surface area contributed by atoms with Crippen LogP contribution in [0.5, 0.6) is 5.75 Å². The molecule has 2 aromatic carbocycles. The molecule has 0 aliphatic carbocycles. The molecule has 0 saturated carbocycles. The number of rotatable bonds is 12. The first kappa shape index (κ1) is 25.3. The van der Waals surface area contributed by atoms with Crippen LogP contribution in [-0.4, -0.2) is 57.2 Å². The molecule has 2 amide bonds. The Hall–Kier alpha value is -3.92. The predicted molar refractivity (Wildman–Crippen MR) is 118 cm³/mol. The van der Waals surface area contributed by atoms with Gasteiger partial charge < -0.3 is 31.7 Å². The van der Waals surface area contributed by atoms with Gasteiger partial charge in [-0.25, -0.2) is 4.79 Å². The van der Waals surface area contributed by atoms with E-state index in [1.807, 2.05) is 0 Å². The quantitative estimate of drug-likeness (QED) is 0.265. The molecule has 0 unspecified atom stereocenters. The van der Waals surface area contributed by atoms with E-state index >= 15 is 0 Å². The molecule has 10 nitrogen and oxygen atoms in total. The molecule has 0 aliphatic rings. The number of carbonyl (C=O) groups is 4. The van der Waals surface area contributed by atoms with E-state index in [9.17, 15) is 29.4 Å². The Bertz CT molecular complexity index is 964. The number of hydrogen-bond donors (Lipinski definition) is 6. The molecule has 0 saturated heterocycles. The lowest BCUT2D eigenvalue weighted by molar-refractivity contribution is -0.143. The summed E-state index contributed by atoms with van der Waals surface area (Å²) in [5, 5.41) is 32.6. The molecule has 33 heavy (non-hydrogen) atoms. The Balaban J connectivity index is 2.06. The minimum Gasteiger partial charge on any atom is -0.508 e. The molecule has 0 heterocycles. The zero-order valence-electron chi connectivity index (χ0n) is 17.8. The predicted octanol–water partition coefficient (Wildman–Crippen LogP) is 0.424. The van der Waals surface area contributed by atoms with Crippen LogP contribution in [0.15, 0.2) is 54.6 Å². The number of carboxylic acids is 2. The van der Waals surface area contributed by atoms with Gasteiger partial charge in [-0.3, -0.25) is 14.4 Å². The summed E-state index contributed by atoms with van der Waals surface area (Å²) in [6.45, 7) is 0. The maximum Gasteiger partial charge on any atom is 0.326 e. The number of phenols is 1. The largest absolute Gasteiger partial charge is 0.508 e. The summed E-state index contributed by atoms with van der Waals surface area (Å²) < 4.78 is 0. The van der Waals surface area contributed by atoms with Crippen LogP contribution in [0.1, 0.15) is 24.0 Å². The summed E-state index contributed by atoms with van der Waals surface area (Å²) in [4.78, 5) is 48.0. The highest BCUT2D eigenvalue weighted by Crippen LogP contribution is 2.11. The Morgan fingerprint density at radius 2 is 1.36 bits per heavy atom. The topological polar surface area (TPSA) is 179 Å². The highest BCUT2D eigenvalue weighted by Gasteiger charge is 2.28. The van der Waals surface area contributed by atoms with E-state index in [2.05, 4.69) is 10.6 Å². The molecule has 3 atom stereocenters. The summed E-state index contributed by atoms with van der Waals surface area (Å²) in [5.41, 5.74) is 7.29. The van der Waals surface area contributed by atoms with Gasteiger partial charge in [0.1, 0.15) is 17.8 Å². The highest BCUT2D eigenvalue weighted by atomic mass is 16.4. The van der Waals surface area contributed by atoms with Crippen molar-refractivity contribution in [3.63, 3.8) is 0 Å². The average molecular weight is 457 g/mol. The third-order valence-electron chi connectivity index (χ3n) is 4.91. The minimum atomic E-state index is -1.28. The minimum absolute atomic E-state index is 0.0158. The number of benzene rings is 2. The van der Waals surface area contributed by atoms with Gasteiger partial charge in [0.2, 0.25) is 11.8 Å². The number of phenolic OH excluding ortho intramolecular Hbond substituents is 1. The van der Waals surface area contributed by atoms with Crippen molar-refractivity contribution in [1.29, 1.82) is 0 Å². The summed E-state index contributed by atoms with van der Waals surface area (Å²) in [6, 6.07) is 11.2. The molecule has 176 valence electrons. The van der Waals surface area contributed by atoms with E-state index in [1.54, 1.807) is 42.5 Å². The normalized spacial score (nSPS) is 13.4. The van der Waals surface area contributed by atoms with Gasteiger partial charge in [0.25, 0.3) is 0 Å². The number of hydrogen-bond acceptors (Lipinski definition) is 6. The summed E-state index contributed by atoms with van der Waals surface area (Å²) in [5.74, 6) is -3.88. The second kappa shape index (κ2) is 12.2. The van der Waals surface area contributed by atoms with Gasteiger partial charge in [0, 0.05) is 12.8 Å². The number of aromatic hydroxyl groups is 1. The number of carboxylic acid groups (broad SMARTS) is 2. The van der Waals surface area contributed by atoms with E-state index in [0.29, 0.717) is 11.1 Å². The highest BCUT2D eigenvalue weighted by molar-refractivity contribution is 5.92. The Kier molecular flexibility index (Phi) is 9.37. The van der Waals surface area contributed by atoms with Crippen LogP contribution in [0, 0.1) is 0 Å². The van der Waals surface area contributed by atoms with E-state index in [1.165, 1.54) is 12.1 Å². The van der Waals surface area contributed by atoms with Crippen LogP contribution >= 0.6 is 0 Å². The monoisotopic (exact) mass is 457 g/mol. The first-order valence-electron chi connectivity index (χ1n) is 10.3. The molecule has 0 aliphatic heterocycles. The number of amides is 2. The number of carbonyl (C=O) groups excluding carboxylic acids is 2. The van der Waals surface area contributed by atoms with E-state index in [4.69, 9.17) is 10.8 Å². The van der Waals surface area contributed by atoms with Crippen molar-refractivity contribution in [2.45, 2.75) is 43.8 Å². The smallest absolute Gasteiger partial charge is 0.326 e. The van der Waals surface area contributed by atoms with E-state index in [0.717, 1.165) is 0 Å². The van der Waals surface area contributed by atoms with Crippen molar-refractivity contribution >= 4 is 23.8 Å². The molecule has 0 spiro atoms. The standard InChI is InChI=1S/C23H27N3O7/c24-17(12-15-6-8-16(27)9-7-15)21(30)25-18(10-11-20(28)29)22(31)26-19(23(32)33)13-14-4-2-1-3-5-14/h1-9,17-19,27H,10-13,24H2,(H,25,30)(H,26,31)(H,28,29)(H,32,33)/t17-,18-,19-/m0/s1. The lowest BCUT2D eigenvalue weighted by Crippen LogP contribution is -2.55. The van der Waals surface area contributed by atoms with Gasteiger partial charge in [-0.15, -0.1) is 0 Å². The molecular weight excluding hydrogens is 430 g/mol. The van der Waals surface area contributed by atoms with Gasteiger partial charge in [0.05, 0.1) is 6.04 Å². The van der Waals surface area contributed by atoms with Crippen molar-refractivity contribution in [3.05, 3.63) is 65.7 Å². The number of aliphatic carboxylic acids is 2. The molecule has 0 radical (unpaired) electrons. The molecule has 0 aromatic heterocycles. The summed E-state index contributed by atoms with van der Waals surface area (Å²) in [7, 11) is 0. The SMILES string of the molecule is N[C@@H](Cc1ccc(O)cc1)C(=O)N[C@@H](CCC(=O)O)C(=O)N[C@@H](Cc1ccccc1)C(=O)O. The third-order valence-corrected chi connectivity index (χ3v) is 4.91. The van der Waals surface area contributed by atoms with Crippen molar-refractivity contribution in [2.24, 2.45) is 5.73 Å². The van der Waals surface area contributed by atoms with Gasteiger partial charge in [-0.05, 0) is 36.1 Å². The van der Waals surface area contributed by atoms with Crippen LogP contribution in [0.25, 0.3) is 0 Å². The zero-order chi connectivity index (χ0) is 24.4. The summed E-state index contributed by atoms with van der Waals surface area (Å²) >= 11 is 0. The second-order valence-electron chi connectivity index (χ2n) is 7.56. The van der Waals surface area contributed by atoms with Gasteiger partial charge >= 0.3 is 11.9 Å². The van der Waals surface area contributed by atoms with Crippen molar-refractivity contribution in [1.82, 2.24) is 10.6 Å². The summed E-state index contributed by atoms with van der Waals surface area (Å²) in [6.07, 6.45) is -0.522. The lowest BCUT2D eigenvalue weighted by atomic mass is 10.0. The molecule has 0 bridgehead atoms. The molecule has 10 heteroatoms. The lowest BCUT2D eigenvalue weighted by Gasteiger charge is -2.22. The average Bonchev–Trinajstić information content (AvgIpc) is 2.77. The Morgan fingerprint density at radius 1 is 0.788 bits per heavy atom. The maximum atomic E-state index is 12.8. The first-order valence-corrected chi connectivity index (χ1v) is 10.3. The van der Waals surface area contributed by atoms with Crippen molar-refractivity contribution in [2.75, 3.05) is 0 Å². The molecule has 2 rings (SSSR count). The van der Waals surface area contributed by atoms with Crippen molar-refractivity contribution < 1.29 is 34.5 Å². The second-order valence-corrected chi connectivity index (χ2v) is 7.56. The van der Waals surface area contributed by atoms with E-state index < -0.39 is 48.3 Å². The van der Waals surface area contributed by atoms with Gasteiger partial charge in [-0.2, -0.15) is 0 Å². The number of nitrogens with one attached hydrogen (secondary N) is 2. The zero-order valence-corrected chi connectivity index (χ0v) is 17.8. The molecule has 2 aromatic rings. The number of nitrogens with two attached hydrogens (primary N) is 1. The first-order chi connectivity index (χ1) is 15.7. The van der Waals surface area contributed by atoms with Crippen LogP contribution < -0.4 is 16.4 Å².